The van der Waals surface area contributed by atoms with Crippen LogP contribution in [0.1, 0.15) is 5.56 Å². The number of halogens is 3. The summed E-state index contributed by atoms with van der Waals surface area (Å²) < 4.78 is 61.3. The van der Waals surface area contributed by atoms with E-state index in [9.17, 15) is 31.7 Å². The van der Waals surface area contributed by atoms with Crippen LogP contribution in [0.5, 0.6) is 0 Å². The van der Waals surface area contributed by atoms with Crippen molar-refractivity contribution in [2.75, 3.05) is 0 Å². The topological polar surface area (TPSA) is 86.5 Å². The van der Waals surface area contributed by atoms with E-state index in [1.54, 1.807) is 0 Å². The third-order valence-electron chi connectivity index (χ3n) is 1.87. The molecule has 104 valence electrons. The van der Waals surface area contributed by atoms with Gasteiger partial charge in [0, 0.05) is 17.7 Å². The number of nitro groups is 1. The number of nitrogens with zero attached hydrogens (tertiary/aromatic N) is 1. The van der Waals surface area contributed by atoms with Gasteiger partial charge in [0.15, 0.2) is 0 Å². The summed E-state index contributed by atoms with van der Waals surface area (Å²) in [4.78, 5) is 9.66. The summed E-state index contributed by atoms with van der Waals surface area (Å²) in [6, 6.07) is 4.20. The van der Waals surface area contributed by atoms with Gasteiger partial charge in [-0.15, -0.1) is 0 Å². The quantitative estimate of drug-likeness (QED) is 0.280. The number of benzene rings is 1. The number of rotatable bonds is 4. The van der Waals surface area contributed by atoms with Crippen molar-refractivity contribution in [1.82, 2.24) is 0 Å². The van der Waals surface area contributed by atoms with Crippen LogP contribution < -0.4 is 0 Å². The lowest BCUT2D eigenvalue weighted by atomic mass is 10.2. The normalized spacial score (nSPS) is 11.9. The van der Waals surface area contributed by atoms with Crippen molar-refractivity contribution >= 4 is 21.6 Å². The van der Waals surface area contributed by atoms with Gasteiger partial charge in [-0.3, -0.25) is 10.1 Å². The zero-order chi connectivity index (χ0) is 14.8. The van der Waals surface area contributed by atoms with E-state index in [0.29, 0.717) is 0 Å². The summed E-state index contributed by atoms with van der Waals surface area (Å²) in [5, 5.41) is 10.5. The molecule has 0 heterocycles. The van der Waals surface area contributed by atoms with Crippen molar-refractivity contribution in [2.45, 2.75) is 5.51 Å². The maximum atomic E-state index is 12.1. The van der Waals surface area contributed by atoms with Crippen LogP contribution >= 0.6 is 0 Å². The molecule has 1 aromatic carbocycles. The Bertz CT molecular complexity index is 623. The second kappa shape index (κ2) is 4.88. The van der Waals surface area contributed by atoms with Gasteiger partial charge in [0.2, 0.25) is 0 Å². The molecule has 1 aromatic rings. The Morgan fingerprint density at radius 1 is 1.37 bits per heavy atom. The lowest BCUT2D eigenvalue weighted by molar-refractivity contribution is -0.384. The molecule has 0 aliphatic heterocycles. The SMILES string of the molecule is C=C(OS(=O)(=O)C(F)(F)F)c1cccc([N+](=O)[O-])c1. The third-order valence-corrected chi connectivity index (χ3v) is 2.86. The summed E-state index contributed by atoms with van der Waals surface area (Å²) in [5.74, 6) is -0.860. The van der Waals surface area contributed by atoms with Crippen LogP contribution in [0.3, 0.4) is 0 Å². The molecule has 0 aromatic heterocycles. The Hall–Kier alpha value is -2.10. The van der Waals surface area contributed by atoms with Gasteiger partial charge in [-0.1, -0.05) is 18.7 Å². The lowest BCUT2D eigenvalue weighted by Gasteiger charge is -2.11. The molecule has 0 saturated carbocycles. The monoisotopic (exact) mass is 297 g/mol. The van der Waals surface area contributed by atoms with Crippen LogP contribution in [0.25, 0.3) is 5.76 Å². The van der Waals surface area contributed by atoms with Gasteiger partial charge in [0.1, 0.15) is 5.76 Å². The molecule has 0 fully saturated rings. The van der Waals surface area contributed by atoms with Crippen LogP contribution in [0.15, 0.2) is 30.8 Å². The molecule has 0 bridgehead atoms. The lowest BCUT2D eigenvalue weighted by Crippen LogP contribution is -2.24. The number of non-ortho nitro benzene ring substituents is 1. The Morgan fingerprint density at radius 3 is 2.42 bits per heavy atom. The van der Waals surface area contributed by atoms with Crippen LogP contribution in [0, 0.1) is 10.1 Å². The zero-order valence-electron chi connectivity index (χ0n) is 9.05. The molecular weight excluding hydrogens is 291 g/mol. The summed E-state index contributed by atoms with van der Waals surface area (Å²) in [7, 11) is -5.85. The van der Waals surface area contributed by atoms with Crippen molar-refractivity contribution in [3.63, 3.8) is 0 Å². The first-order valence-electron chi connectivity index (χ1n) is 4.49. The van der Waals surface area contributed by atoms with Gasteiger partial charge in [-0.05, 0) is 0 Å². The largest absolute Gasteiger partial charge is 0.534 e. The van der Waals surface area contributed by atoms with Gasteiger partial charge in [0.05, 0.1) is 4.92 Å². The number of alkyl halides is 3. The number of nitro benzene ring substituents is 1. The molecule has 0 spiro atoms. The van der Waals surface area contributed by atoms with E-state index in [2.05, 4.69) is 10.8 Å². The van der Waals surface area contributed by atoms with Crippen LogP contribution in [-0.4, -0.2) is 18.8 Å². The second-order valence-electron chi connectivity index (χ2n) is 3.21. The van der Waals surface area contributed by atoms with E-state index < -0.39 is 32.0 Å². The minimum atomic E-state index is -5.85. The van der Waals surface area contributed by atoms with Crippen molar-refractivity contribution in [3.8, 4) is 0 Å². The fraction of sp³-hybridized carbons (Fsp3) is 0.111. The van der Waals surface area contributed by atoms with E-state index >= 15 is 0 Å². The fourth-order valence-electron chi connectivity index (χ4n) is 1.02. The van der Waals surface area contributed by atoms with Crippen LogP contribution in [-0.2, 0) is 14.3 Å². The van der Waals surface area contributed by atoms with E-state index in [-0.39, 0.29) is 5.56 Å². The highest BCUT2D eigenvalue weighted by Gasteiger charge is 2.48. The van der Waals surface area contributed by atoms with Crippen molar-refractivity contribution < 1.29 is 30.7 Å². The molecule has 0 saturated heterocycles. The maximum Gasteiger partial charge on any atom is 0.534 e. The summed E-state index contributed by atoms with van der Waals surface area (Å²) in [6.07, 6.45) is 0. The first-order chi connectivity index (χ1) is 8.54. The minimum Gasteiger partial charge on any atom is -0.376 e. The summed E-state index contributed by atoms with van der Waals surface area (Å²) in [5.41, 5.74) is -6.29. The molecule has 0 radical (unpaired) electrons. The minimum absolute atomic E-state index is 0.248. The summed E-state index contributed by atoms with van der Waals surface area (Å²) in [6.45, 7) is 3.00. The smallest absolute Gasteiger partial charge is 0.376 e. The predicted octanol–water partition coefficient (Wildman–Crippen LogP) is 2.43. The van der Waals surface area contributed by atoms with Crippen LogP contribution in [0.2, 0.25) is 0 Å². The predicted molar refractivity (Wildman–Crippen MR) is 58.2 cm³/mol. The third kappa shape index (κ3) is 3.44. The Kier molecular flexibility index (Phi) is 3.84. The Balaban J connectivity index is 3.03. The highest BCUT2D eigenvalue weighted by atomic mass is 32.2. The average molecular weight is 297 g/mol. The highest BCUT2D eigenvalue weighted by molar-refractivity contribution is 7.87. The average Bonchev–Trinajstić information content (AvgIpc) is 2.27. The molecule has 0 unspecified atom stereocenters. The van der Waals surface area contributed by atoms with E-state index in [1.165, 1.54) is 0 Å². The van der Waals surface area contributed by atoms with E-state index in [0.717, 1.165) is 24.3 Å². The number of hydrogen-bond donors (Lipinski definition) is 0. The van der Waals surface area contributed by atoms with Crippen molar-refractivity contribution in [2.24, 2.45) is 0 Å². The van der Waals surface area contributed by atoms with Gasteiger partial charge in [-0.25, -0.2) is 0 Å². The van der Waals surface area contributed by atoms with Gasteiger partial charge >= 0.3 is 15.6 Å². The summed E-state index contributed by atoms with van der Waals surface area (Å²) >= 11 is 0. The molecule has 0 aliphatic carbocycles. The second-order valence-corrected chi connectivity index (χ2v) is 4.75. The fourth-order valence-corrected chi connectivity index (χ4v) is 1.48. The highest BCUT2D eigenvalue weighted by Crippen LogP contribution is 2.29. The first-order valence-corrected chi connectivity index (χ1v) is 5.90. The zero-order valence-corrected chi connectivity index (χ0v) is 9.86. The maximum absolute atomic E-state index is 12.1. The molecule has 0 N–H and O–H groups in total. The Labute approximate surface area is 105 Å². The van der Waals surface area contributed by atoms with Crippen molar-refractivity contribution in [3.05, 3.63) is 46.5 Å². The van der Waals surface area contributed by atoms with Crippen molar-refractivity contribution in [1.29, 1.82) is 0 Å². The molecule has 0 atom stereocenters. The van der Waals surface area contributed by atoms with Gasteiger partial charge in [0.25, 0.3) is 5.69 Å². The molecule has 6 nitrogen and oxygen atoms in total. The first kappa shape index (κ1) is 15.0. The molecule has 1 rings (SSSR count). The van der Waals surface area contributed by atoms with Gasteiger partial charge in [-0.2, -0.15) is 21.6 Å². The molecular formula is C9H6F3NO5S. The van der Waals surface area contributed by atoms with Gasteiger partial charge < -0.3 is 4.18 Å². The molecule has 19 heavy (non-hydrogen) atoms. The molecule has 10 heteroatoms. The van der Waals surface area contributed by atoms with E-state index in [4.69, 9.17) is 0 Å². The Morgan fingerprint density at radius 2 is 1.95 bits per heavy atom. The standard InChI is InChI=1S/C9H6F3NO5S/c1-6(18-19(16,17)9(10,11)12)7-3-2-4-8(5-7)13(14)15/h2-5H,1H2. The molecule has 0 aliphatic rings. The van der Waals surface area contributed by atoms with Crippen LogP contribution in [0.4, 0.5) is 18.9 Å². The number of hydrogen-bond acceptors (Lipinski definition) is 5. The molecule has 0 amide bonds. The van der Waals surface area contributed by atoms with E-state index in [1.807, 2.05) is 0 Å².